The van der Waals surface area contributed by atoms with Gasteiger partial charge in [-0.1, -0.05) is 24.3 Å². The van der Waals surface area contributed by atoms with E-state index >= 15 is 0 Å². The van der Waals surface area contributed by atoms with Crippen molar-refractivity contribution in [3.8, 4) is 0 Å². The van der Waals surface area contributed by atoms with Gasteiger partial charge in [-0.05, 0) is 18.6 Å². The van der Waals surface area contributed by atoms with Gasteiger partial charge in [-0.3, -0.25) is 4.79 Å². The molecule has 0 fully saturated rings. The molecule has 0 unspecified atom stereocenters. The second kappa shape index (κ2) is 5.98. The number of sulfonamides is 1. The fourth-order valence-electron chi connectivity index (χ4n) is 1.76. The number of carbonyl (C=O) groups excluding carboxylic acids is 1. The molecule has 6 nitrogen and oxygen atoms in total. The Morgan fingerprint density at radius 1 is 1.20 bits per heavy atom. The van der Waals surface area contributed by atoms with Gasteiger partial charge >= 0.3 is 0 Å². The van der Waals surface area contributed by atoms with Gasteiger partial charge in [0.2, 0.25) is 10.0 Å². The van der Waals surface area contributed by atoms with E-state index in [-0.39, 0.29) is 24.6 Å². The lowest BCUT2D eigenvalue weighted by atomic mass is 10.2. The molecule has 0 atom stereocenters. The molecule has 0 aliphatic carbocycles. The minimum absolute atomic E-state index is 0.154. The zero-order valence-electron chi connectivity index (χ0n) is 10.7. The second-order valence-electron chi connectivity index (χ2n) is 4.37. The first-order valence-electron chi connectivity index (χ1n) is 6.10. The molecule has 20 heavy (non-hydrogen) atoms. The standard InChI is InChI=1S/C13H15N3O3S/c14-20(18,19)9-3-8-15-13(17)12-7-6-10-4-1-2-5-11(10)16-12/h1-2,4-7H,3,8-9H2,(H,15,17)(H2,14,18,19). The summed E-state index contributed by atoms with van der Waals surface area (Å²) in [6, 6.07) is 10.9. The van der Waals surface area contributed by atoms with Crippen LogP contribution in [0, 0.1) is 0 Å². The zero-order chi connectivity index (χ0) is 14.6. The Labute approximate surface area is 117 Å². The molecule has 2 rings (SSSR count). The third-order valence-electron chi connectivity index (χ3n) is 2.72. The molecule has 0 saturated carbocycles. The normalized spacial score (nSPS) is 11.4. The van der Waals surface area contributed by atoms with Crippen molar-refractivity contribution in [2.45, 2.75) is 6.42 Å². The summed E-state index contributed by atoms with van der Waals surface area (Å²) in [4.78, 5) is 16.1. The number of hydrogen-bond acceptors (Lipinski definition) is 4. The first-order chi connectivity index (χ1) is 9.46. The number of aromatic nitrogens is 1. The third kappa shape index (κ3) is 4.01. The summed E-state index contributed by atoms with van der Waals surface area (Å²) in [6.45, 7) is 0.240. The van der Waals surface area contributed by atoms with Crippen molar-refractivity contribution < 1.29 is 13.2 Å². The largest absolute Gasteiger partial charge is 0.351 e. The molecule has 1 aromatic carbocycles. The molecule has 0 aliphatic heterocycles. The molecule has 0 bridgehead atoms. The number of amides is 1. The average molecular weight is 293 g/mol. The van der Waals surface area contributed by atoms with Crippen LogP contribution < -0.4 is 10.5 Å². The highest BCUT2D eigenvalue weighted by Gasteiger charge is 2.08. The molecule has 0 aliphatic rings. The van der Waals surface area contributed by atoms with Gasteiger partial charge in [0.05, 0.1) is 11.3 Å². The van der Waals surface area contributed by atoms with Crippen molar-refractivity contribution in [2.24, 2.45) is 5.14 Å². The fourth-order valence-corrected chi connectivity index (χ4v) is 2.31. The lowest BCUT2D eigenvalue weighted by Gasteiger charge is -2.05. The predicted octanol–water partition coefficient (Wildman–Crippen LogP) is 0.643. The van der Waals surface area contributed by atoms with E-state index in [1.165, 1.54) is 0 Å². The van der Waals surface area contributed by atoms with Gasteiger partial charge in [0.1, 0.15) is 5.69 Å². The molecule has 0 saturated heterocycles. The van der Waals surface area contributed by atoms with Crippen LogP contribution in [0.25, 0.3) is 10.9 Å². The van der Waals surface area contributed by atoms with E-state index in [9.17, 15) is 13.2 Å². The summed E-state index contributed by atoms with van der Waals surface area (Å²) < 4.78 is 21.5. The van der Waals surface area contributed by atoms with Crippen LogP contribution in [-0.4, -0.2) is 31.6 Å². The number of hydrogen-bond donors (Lipinski definition) is 2. The number of fused-ring (bicyclic) bond motifs is 1. The van der Waals surface area contributed by atoms with Gasteiger partial charge in [0, 0.05) is 11.9 Å². The first-order valence-corrected chi connectivity index (χ1v) is 7.82. The number of nitrogens with zero attached hydrogens (tertiary/aromatic N) is 1. The Balaban J connectivity index is 1.97. The maximum absolute atomic E-state index is 11.9. The lowest BCUT2D eigenvalue weighted by Crippen LogP contribution is -2.27. The minimum Gasteiger partial charge on any atom is -0.351 e. The summed E-state index contributed by atoms with van der Waals surface area (Å²) in [7, 11) is -3.48. The number of para-hydroxylation sites is 1. The molecule has 0 spiro atoms. The van der Waals surface area contributed by atoms with Gasteiger partial charge in [-0.2, -0.15) is 0 Å². The fraction of sp³-hybridized carbons (Fsp3) is 0.231. The molecule has 1 heterocycles. The Morgan fingerprint density at radius 3 is 2.70 bits per heavy atom. The third-order valence-corrected chi connectivity index (χ3v) is 3.58. The van der Waals surface area contributed by atoms with Crippen LogP contribution in [-0.2, 0) is 10.0 Å². The average Bonchev–Trinajstić information content (AvgIpc) is 2.42. The van der Waals surface area contributed by atoms with Crippen LogP contribution in [0.5, 0.6) is 0 Å². The van der Waals surface area contributed by atoms with E-state index in [4.69, 9.17) is 5.14 Å². The minimum atomic E-state index is -3.48. The van der Waals surface area contributed by atoms with Gasteiger partial charge < -0.3 is 5.32 Å². The second-order valence-corrected chi connectivity index (χ2v) is 6.10. The number of carbonyl (C=O) groups is 1. The van der Waals surface area contributed by atoms with Crippen LogP contribution in [0.15, 0.2) is 36.4 Å². The molecule has 7 heteroatoms. The number of nitrogens with one attached hydrogen (secondary N) is 1. The number of benzene rings is 1. The van der Waals surface area contributed by atoms with Crippen LogP contribution in [0.2, 0.25) is 0 Å². The highest BCUT2D eigenvalue weighted by molar-refractivity contribution is 7.89. The topological polar surface area (TPSA) is 102 Å². The maximum atomic E-state index is 11.9. The zero-order valence-corrected chi connectivity index (χ0v) is 11.6. The van der Waals surface area contributed by atoms with Crippen molar-refractivity contribution in [3.05, 3.63) is 42.1 Å². The van der Waals surface area contributed by atoms with Crippen molar-refractivity contribution >= 4 is 26.8 Å². The maximum Gasteiger partial charge on any atom is 0.269 e. The summed E-state index contributed by atoms with van der Waals surface area (Å²) in [5.74, 6) is -0.483. The van der Waals surface area contributed by atoms with Gasteiger partial charge in [0.15, 0.2) is 0 Å². The van der Waals surface area contributed by atoms with Crippen LogP contribution in [0.1, 0.15) is 16.9 Å². The number of rotatable bonds is 5. The van der Waals surface area contributed by atoms with Gasteiger partial charge in [0.25, 0.3) is 5.91 Å². The van der Waals surface area contributed by atoms with E-state index in [0.29, 0.717) is 5.69 Å². The highest BCUT2D eigenvalue weighted by Crippen LogP contribution is 2.11. The molecule has 1 amide bonds. The Kier molecular flexibility index (Phi) is 4.31. The lowest BCUT2D eigenvalue weighted by molar-refractivity contribution is 0.0949. The predicted molar refractivity (Wildman–Crippen MR) is 76.7 cm³/mol. The Morgan fingerprint density at radius 2 is 1.95 bits per heavy atom. The summed E-state index contributed by atoms with van der Waals surface area (Å²) in [5.41, 5.74) is 1.05. The van der Waals surface area contributed by atoms with Gasteiger partial charge in [-0.15, -0.1) is 0 Å². The number of pyridine rings is 1. The van der Waals surface area contributed by atoms with Gasteiger partial charge in [-0.25, -0.2) is 18.5 Å². The molecule has 2 aromatic rings. The van der Waals surface area contributed by atoms with Crippen LogP contribution >= 0.6 is 0 Å². The Bertz CT molecular complexity index is 728. The van der Waals surface area contributed by atoms with Crippen molar-refractivity contribution in [1.29, 1.82) is 0 Å². The molecular formula is C13H15N3O3S. The molecule has 106 valence electrons. The summed E-state index contributed by atoms with van der Waals surface area (Å²) >= 11 is 0. The van der Waals surface area contributed by atoms with Crippen LogP contribution in [0.3, 0.4) is 0 Å². The SMILES string of the molecule is NS(=O)(=O)CCCNC(=O)c1ccc2ccccc2n1. The highest BCUT2D eigenvalue weighted by atomic mass is 32.2. The van der Waals surface area contributed by atoms with Crippen molar-refractivity contribution in [3.63, 3.8) is 0 Å². The Hall–Kier alpha value is -1.99. The van der Waals surface area contributed by atoms with E-state index in [1.54, 1.807) is 6.07 Å². The van der Waals surface area contributed by atoms with E-state index in [1.807, 2.05) is 30.3 Å². The van der Waals surface area contributed by atoms with E-state index in [0.717, 1.165) is 10.9 Å². The molecule has 0 radical (unpaired) electrons. The summed E-state index contributed by atoms with van der Waals surface area (Å²) in [6.07, 6.45) is 0.276. The summed E-state index contributed by atoms with van der Waals surface area (Å²) in [5, 5.41) is 8.44. The van der Waals surface area contributed by atoms with Crippen molar-refractivity contribution in [2.75, 3.05) is 12.3 Å². The van der Waals surface area contributed by atoms with E-state index in [2.05, 4.69) is 10.3 Å². The van der Waals surface area contributed by atoms with E-state index < -0.39 is 10.0 Å². The quantitative estimate of drug-likeness (QED) is 0.790. The molecular weight excluding hydrogens is 278 g/mol. The van der Waals surface area contributed by atoms with Crippen LogP contribution in [0.4, 0.5) is 0 Å². The number of primary sulfonamides is 1. The van der Waals surface area contributed by atoms with Crippen molar-refractivity contribution in [1.82, 2.24) is 10.3 Å². The smallest absolute Gasteiger partial charge is 0.269 e. The number of nitrogens with two attached hydrogens (primary N) is 1. The molecule has 1 aromatic heterocycles. The first kappa shape index (κ1) is 14.4. The monoisotopic (exact) mass is 293 g/mol. The molecule has 3 N–H and O–H groups in total.